The Hall–Kier alpha value is -0.860. The monoisotopic (exact) mass is 354 g/mol. The smallest absolute Gasteiger partial charge is 0.306 e. The van der Waals surface area contributed by atoms with Crippen molar-refractivity contribution >= 4 is 12.3 Å². The molecule has 0 aromatic rings. The molecule has 0 amide bonds. The summed E-state index contributed by atoms with van der Waals surface area (Å²) in [5, 5.41) is 0. The standard InChI is InChI=1S/C22H42O3/c1-3-5-7-9-11-13-15-17-19-22(24)25-21(20-23)18-16-14-12-10-8-6-4-2/h20-21H,3-19H2,1-2H3. The molecule has 0 spiro atoms. The molecule has 0 saturated heterocycles. The van der Waals surface area contributed by atoms with Crippen molar-refractivity contribution in [2.24, 2.45) is 0 Å². The van der Waals surface area contributed by atoms with Gasteiger partial charge in [-0.1, -0.05) is 97.3 Å². The van der Waals surface area contributed by atoms with Gasteiger partial charge in [0, 0.05) is 6.42 Å². The molecule has 3 nitrogen and oxygen atoms in total. The molecule has 0 rings (SSSR count). The summed E-state index contributed by atoms with van der Waals surface area (Å²) in [7, 11) is 0. The second kappa shape index (κ2) is 19.5. The molecule has 0 bridgehead atoms. The number of carbonyl (C=O) groups is 2. The topological polar surface area (TPSA) is 43.4 Å². The van der Waals surface area contributed by atoms with Crippen molar-refractivity contribution in [3.63, 3.8) is 0 Å². The zero-order valence-electron chi connectivity index (χ0n) is 16.9. The molecular formula is C22H42O3. The SMILES string of the molecule is CCCCCCCCCCC(=O)OC(C=O)CCCCCCCCC. The van der Waals surface area contributed by atoms with Crippen LogP contribution in [-0.4, -0.2) is 18.4 Å². The van der Waals surface area contributed by atoms with Gasteiger partial charge in [-0.25, -0.2) is 0 Å². The Morgan fingerprint density at radius 2 is 1.16 bits per heavy atom. The van der Waals surface area contributed by atoms with Crippen LogP contribution in [0.3, 0.4) is 0 Å². The fourth-order valence-corrected chi connectivity index (χ4v) is 3.09. The second-order valence-corrected chi connectivity index (χ2v) is 7.30. The van der Waals surface area contributed by atoms with E-state index >= 15 is 0 Å². The fraction of sp³-hybridized carbons (Fsp3) is 0.909. The third kappa shape index (κ3) is 17.7. The van der Waals surface area contributed by atoms with Gasteiger partial charge in [0.15, 0.2) is 12.4 Å². The van der Waals surface area contributed by atoms with E-state index in [1.54, 1.807) is 0 Å². The lowest BCUT2D eigenvalue weighted by atomic mass is 10.1. The van der Waals surface area contributed by atoms with Crippen LogP contribution in [0.1, 0.15) is 123 Å². The Kier molecular flexibility index (Phi) is 18.8. The fourth-order valence-electron chi connectivity index (χ4n) is 3.09. The molecule has 0 saturated carbocycles. The lowest BCUT2D eigenvalue weighted by Crippen LogP contribution is -2.19. The Balaban J connectivity index is 3.52. The summed E-state index contributed by atoms with van der Waals surface area (Å²) in [6.45, 7) is 4.45. The summed E-state index contributed by atoms with van der Waals surface area (Å²) in [5.41, 5.74) is 0. The first kappa shape index (κ1) is 24.1. The molecule has 1 unspecified atom stereocenters. The van der Waals surface area contributed by atoms with Crippen LogP contribution < -0.4 is 0 Å². The van der Waals surface area contributed by atoms with Crippen molar-refractivity contribution in [1.29, 1.82) is 0 Å². The van der Waals surface area contributed by atoms with Gasteiger partial charge in [0.05, 0.1) is 0 Å². The highest BCUT2D eigenvalue weighted by molar-refractivity contribution is 5.72. The molecule has 0 aromatic carbocycles. The van der Waals surface area contributed by atoms with E-state index in [9.17, 15) is 9.59 Å². The first-order valence-electron chi connectivity index (χ1n) is 10.9. The van der Waals surface area contributed by atoms with Gasteiger partial charge >= 0.3 is 5.97 Å². The first-order chi connectivity index (χ1) is 12.2. The highest BCUT2D eigenvalue weighted by Gasteiger charge is 2.12. The lowest BCUT2D eigenvalue weighted by Gasteiger charge is -2.12. The van der Waals surface area contributed by atoms with Crippen LogP contribution >= 0.6 is 0 Å². The normalized spacial score (nSPS) is 12.1. The van der Waals surface area contributed by atoms with Gasteiger partial charge in [-0.3, -0.25) is 9.59 Å². The Bertz CT molecular complexity index is 302. The maximum Gasteiger partial charge on any atom is 0.306 e. The van der Waals surface area contributed by atoms with E-state index < -0.39 is 6.10 Å². The summed E-state index contributed by atoms with van der Waals surface area (Å²) < 4.78 is 5.30. The van der Waals surface area contributed by atoms with Crippen LogP contribution in [0.25, 0.3) is 0 Å². The summed E-state index contributed by atoms with van der Waals surface area (Å²) in [4.78, 5) is 22.9. The minimum Gasteiger partial charge on any atom is -0.455 e. The Morgan fingerprint density at radius 3 is 1.64 bits per heavy atom. The number of carbonyl (C=O) groups excluding carboxylic acids is 2. The van der Waals surface area contributed by atoms with E-state index in [-0.39, 0.29) is 5.97 Å². The van der Waals surface area contributed by atoms with Gasteiger partial charge in [-0.05, 0) is 19.3 Å². The van der Waals surface area contributed by atoms with Crippen molar-refractivity contribution in [2.75, 3.05) is 0 Å². The van der Waals surface area contributed by atoms with Gasteiger partial charge in [0.25, 0.3) is 0 Å². The van der Waals surface area contributed by atoms with Crippen LogP contribution in [0.4, 0.5) is 0 Å². The van der Waals surface area contributed by atoms with Gasteiger partial charge in [0.2, 0.25) is 0 Å². The molecule has 0 aromatic heterocycles. The van der Waals surface area contributed by atoms with Gasteiger partial charge in [0.1, 0.15) is 0 Å². The van der Waals surface area contributed by atoms with E-state index in [1.807, 2.05) is 0 Å². The first-order valence-corrected chi connectivity index (χ1v) is 10.9. The molecule has 0 aliphatic carbocycles. The maximum absolute atomic E-state index is 11.8. The van der Waals surface area contributed by atoms with Crippen LogP contribution in [0.5, 0.6) is 0 Å². The van der Waals surface area contributed by atoms with Gasteiger partial charge in [-0.2, -0.15) is 0 Å². The molecule has 1 atom stereocenters. The number of hydrogen-bond acceptors (Lipinski definition) is 3. The zero-order valence-corrected chi connectivity index (χ0v) is 16.9. The predicted octanol–water partition coefficient (Wildman–Crippen LogP) is 6.77. The third-order valence-electron chi connectivity index (χ3n) is 4.76. The molecule has 0 aliphatic rings. The molecule has 25 heavy (non-hydrogen) atoms. The zero-order chi connectivity index (χ0) is 18.6. The second-order valence-electron chi connectivity index (χ2n) is 7.30. The van der Waals surface area contributed by atoms with E-state index in [0.717, 1.165) is 32.0 Å². The molecule has 3 heteroatoms. The van der Waals surface area contributed by atoms with Gasteiger partial charge in [-0.15, -0.1) is 0 Å². The van der Waals surface area contributed by atoms with Gasteiger partial charge < -0.3 is 4.74 Å². The molecule has 0 heterocycles. The third-order valence-corrected chi connectivity index (χ3v) is 4.76. The highest BCUT2D eigenvalue weighted by Crippen LogP contribution is 2.13. The summed E-state index contributed by atoms with van der Waals surface area (Å²) in [6, 6.07) is 0. The van der Waals surface area contributed by atoms with Crippen LogP contribution in [-0.2, 0) is 14.3 Å². The number of ether oxygens (including phenoxy) is 1. The van der Waals surface area contributed by atoms with Crippen molar-refractivity contribution in [1.82, 2.24) is 0 Å². The van der Waals surface area contributed by atoms with E-state index in [0.29, 0.717) is 12.8 Å². The molecular weight excluding hydrogens is 312 g/mol. The summed E-state index contributed by atoms with van der Waals surface area (Å²) in [5.74, 6) is -0.203. The summed E-state index contributed by atoms with van der Waals surface area (Å²) >= 11 is 0. The average Bonchev–Trinajstić information content (AvgIpc) is 2.62. The minimum atomic E-state index is -0.530. The minimum absolute atomic E-state index is 0.203. The van der Waals surface area contributed by atoms with Crippen molar-refractivity contribution in [2.45, 2.75) is 129 Å². The lowest BCUT2D eigenvalue weighted by molar-refractivity contribution is -0.152. The molecule has 0 aliphatic heterocycles. The highest BCUT2D eigenvalue weighted by atomic mass is 16.5. The average molecular weight is 355 g/mol. The van der Waals surface area contributed by atoms with Crippen LogP contribution in [0.15, 0.2) is 0 Å². The van der Waals surface area contributed by atoms with Crippen molar-refractivity contribution in [3.05, 3.63) is 0 Å². The van der Waals surface area contributed by atoms with E-state index in [2.05, 4.69) is 13.8 Å². The van der Waals surface area contributed by atoms with Crippen molar-refractivity contribution < 1.29 is 14.3 Å². The quantitative estimate of drug-likeness (QED) is 0.146. The number of aldehydes is 1. The largest absolute Gasteiger partial charge is 0.455 e. The molecule has 0 radical (unpaired) electrons. The van der Waals surface area contributed by atoms with Crippen molar-refractivity contribution in [3.8, 4) is 0 Å². The Morgan fingerprint density at radius 1 is 0.720 bits per heavy atom. The van der Waals surface area contributed by atoms with E-state index in [4.69, 9.17) is 4.74 Å². The van der Waals surface area contributed by atoms with E-state index in [1.165, 1.54) is 70.6 Å². The summed E-state index contributed by atoms with van der Waals surface area (Å²) in [6.07, 6.45) is 19.6. The number of hydrogen-bond donors (Lipinski definition) is 0. The predicted molar refractivity (Wildman–Crippen MR) is 106 cm³/mol. The maximum atomic E-state index is 11.8. The molecule has 0 fully saturated rings. The molecule has 148 valence electrons. The molecule has 0 N–H and O–H groups in total. The van der Waals surface area contributed by atoms with Crippen LogP contribution in [0.2, 0.25) is 0 Å². The number of unbranched alkanes of at least 4 members (excludes halogenated alkanes) is 13. The van der Waals surface area contributed by atoms with Crippen LogP contribution in [0, 0.1) is 0 Å². The Labute approximate surface area is 156 Å². The number of esters is 1. The number of rotatable bonds is 19.